The molecule has 2 aliphatic rings. The number of hydrogen-bond donors (Lipinski definition) is 1. The van der Waals surface area contributed by atoms with Gasteiger partial charge in [0.05, 0.1) is 0 Å². The van der Waals surface area contributed by atoms with Crippen molar-refractivity contribution in [1.29, 1.82) is 0 Å². The largest absolute Gasteiger partial charge is 0.480 e. The molecule has 4 rings (SSSR count). The highest BCUT2D eigenvalue weighted by Gasteiger charge is 2.29. The molecule has 2 aliphatic heterocycles. The first kappa shape index (κ1) is 20.2. The fourth-order valence-corrected chi connectivity index (χ4v) is 4.15. The second-order valence-electron chi connectivity index (χ2n) is 7.81. The average Bonchev–Trinajstić information content (AvgIpc) is 3.17. The van der Waals surface area contributed by atoms with Crippen LogP contribution in [0.1, 0.15) is 23.6 Å². The summed E-state index contributed by atoms with van der Waals surface area (Å²) in [7, 11) is 0. The third-order valence-electron chi connectivity index (χ3n) is 5.80. The zero-order valence-electron chi connectivity index (χ0n) is 16.9. The Bertz CT molecular complexity index is 848. The summed E-state index contributed by atoms with van der Waals surface area (Å²) in [6, 6.07) is 14.0. The van der Waals surface area contributed by atoms with Gasteiger partial charge >= 0.3 is 0 Å². The van der Waals surface area contributed by atoms with Crippen molar-refractivity contribution in [2.75, 3.05) is 32.7 Å². The molecule has 1 amide bonds. The van der Waals surface area contributed by atoms with Crippen LogP contribution in [0, 0.1) is 0 Å². The number of carbonyl (C=O) groups excluding carboxylic acids is 1. The number of hydrogen-bond acceptors (Lipinski definition) is 4. The van der Waals surface area contributed by atoms with Gasteiger partial charge in [-0.25, -0.2) is 0 Å². The minimum Gasteiger partial charge on any atom is -0.480 e. The quantitative estimate of drug-likeness (QED) is 0.790. The van der Waals surface area contributed by atoms with Crippen molar-refractivity contribution >= 4 is 17.5 Å². The van der Waals surface area contributed by atoms with E-state index < -0.39 is 6.10 Å². The number of piperazine rings is 1. The molecule has 0 unspecified atom stereocenters. The number of amides is 1. The normalized spacial score (nSPS) is 19.6. The molecule has 154 valence electrons. The Labute approximate surface area is 177 Å². The van der Waals surface area contributed by atoms with Gasteiger partial charge in [-0.1, -0.05) is 42.8 Å². The molecule has 0 radical (unpaired) electrons. The minimum atomic E-state index is -0.482. The molecular weight excluding hydrogens is 386 g/mol. The fraction of sp³-hybridized carbons (Fsp3) is 0.435. The number of ether oxygens (including phenoxy) is 1. The second kappa shape index (κ2) is 9.16. The topological polar surface area (TPSA) is 44.8 Å². The van der Waals surface area contributed by atoms with Gasteiger partial charge in [0.2, 0.25) is 0 Å². The number of nitrogens with zero attached hydrogens (tertiary/aromatic N) is 2. The van der Waals surface area contributed by atoms with E-state index in [1.54, 1.807) is 6.07 Å². The van der Waals surface area contributed by atoms with Crippen molar-refractivity contribution in [2.24, 2.45) is 0 Å². The van der Waals surface area contributed by atoms with Gasteiger partial charge in [0.25, 0.3) is 5.91 Å². The summed E-state index contributed by atoms with van der Waals surface area (Å²) in [6.07, 6.45) is 0.0795. The van der Waals surface area contributed by atoms with Gasteiger partial charge in [0.1, 0.15) is 5.75 Å². The van der Waals surface area contributed by atoms with Gasteiger partial charge in [0.15, 0.2) is 6.10 Å². The van der Waals surface area contributed by atoms with E-state index in [2.05, 4.69) is 46.3 Å². The summed E-state index contributed by atoms with van der Waals surface area (Å²) in [6.45, 7) is 9.41. The molecular formula is C23H28ClN3O2. The zero-order valence-corrected chi connectivity index (χ0v) is 17.6. The van der Waals surface area contributed by atoms with Crippen LogP contribution in [0.2, 0.25) is 5.02 Å². The molecule has 2 heterocycles. The Morgan fingerprint density at radius 1 is 1.07 bits per heavy atom. The van der Waals surface area contributed by atoms with Crippen LogP contribution in [0.4, 0.5) is 0 Å². The maximum atomic E-state index is 12.5. The van der Waals surface area contributed by atoms with Crippen molar-refractivity contribution < 1.29 is 9.53 Å². The maximum absolute atomic E-state index is 12.5. The molecule has 0 spiro atoms. The highest BCUT2D eigenvalue weighted by atomic mass is 35.5. The third-order valence-corrected chi connectivity index (χ3v) is 6.03. The molecule has 29 heavy (non-hydrogen) atoms. The van der Waals surface area contributed by atoms with Crippen LogP contribution >= 0.6 is 11.6 Å². The van der Waals surface area contributed by atoms with Crippen molar-refractivity contribution in [3.8, 4) is 5.75 Å². The van der Waals surface area contributed by atoms with E-state index in [4.69, 9.17) is 16.3 Å². The van der Waals surface area contributed by atoms with Crippen molar-refractivity contribution in [3.63, 3.8) is 0 Å². The lowest BCUT2D eigenvalue weighted by atomic mass is 10.1. The fourth-order valence-electron chi connectivity index (χ4n) is 3.95. The molecule has 2 aromatic carbocycles. The Morgan fingerprint density at radius 3 is 2.48 bits per heavy atom. The van der Waals surface area contributed by atoms with Crippen LogP contribution in [0.5, 0.6) is 5.75 Å². The van der Waals surface area contributed by atoms with E-state index in [0.717, 1.165) is 56.1 Å². The van der Waals surface area contributed by atoms with E-state index >= 15 is 0 Å². The Kier molecular flexibility index (Phi) is 6.38. The van der Waals surface area contributed by atoms with Crippen LogP contribution < -0.4 is 10.1 Å². The van der Waals surface area contributed by atoms with E-state index in [1.165, 1.54) is 5.56 Å². The lowest BCUT2D eigenvalue weighted by Gasteiger charge is -2.34. The molecule has 2 aromatic rings. The minimum absolute atomic E-state index is 0.0878. The van der Waals surface area contributed by atoms with Crippen LogP contribution in [-0.2, 0) is 24.3 Å². The summed E-state index contributed by atoms with van der Waals surface area (Å²) in [5, 5.41) is 3.66. The van der Waals surface area contributed by atoms with Crippen LogP contribution in [0.15, 0.2) is 42.5 Å². The molecule has 5 nitrogen and oxygen atoms in total. The third kappa shape index (κ3) is 5.10. The Balaban J connectivity index is 1.24. The monoisotopic (exact) mass is 413 g/mol. The van der Waals surface area contributed by atoms with E-state index in [-0.39, 0.29) is 5.91 Å². The lowest BCUT2D eigenvalue weighted by Crippen LogP contribution is -2.45. The zero-order chi connectivity index (χ0) is 20.2. The van der Waals surface area contributed by atoms with E-state index in [1.807, 2.05) is 12.1 Å². The Morgan fingerprint density at radius 2 is 1.76 bits per heavy atom. The standard InChI is InChI=1S/C23H28ClN3O2/c1-2-26-9-11-27(12-10-26)16-18-5-3-17(4-6-18)15-25-23(28)22-14-19-13-20(24)7-8-21(19)29-22/h3-8,13,22H,2,9-12,14-16H2,1H3,(H,25,28)/t22-/m0/s1. The highest BCUT2D eigenvalue weighted by molar-refractivity contribution is 6.30. The van der Waals surface area contributed by atoms with Crippen molar-refractivity contribution in [1.82, 2.24) is 15.1 Å². The summed E-state index contributed by atoms with van der Waals surface area (Å²) in [4.78, 5) is 17.5. The van der Waals surface area contributed by atoms with Crippen molar-refractivity contribution in [2.45, 2.75) is 32.5 Å². The molecule has 1 atom stereocenters. The van der Waals surface area contributed by atoms with Gasteiger partial charge in [-0.2, -0.15) is 0 Å². The van der Waals surface area contributed by atoms with Gasteiger partial charge in [-0.3, -0.25) is 9.69 Å². The highest BCUT2D eigenvalue weighted by Crippen LogP contribution is 2.31. The summed E-state index contributed by atoms with van der Waals surface area (Å²) in [5.41, 5.74) is 3.40. The Hall–Kier alpha value is -2.08. The molecule has 0 aromatic heterocycles. The van der Waals surface area contributed by atoms with Gasteiger partial charge in [-0.05, 0) is 41.4 Å². The SMILES string of the molecule is CCN1CCN(Cc2ccc(CNC(=O)[C@@H]3Cc4cc(Cl)ccc4O3)cc2)CC1. The first-order valence-electron chi connectivity index (χ1n) is 10.4. The average molecular weight is 414 g/mol. The molecule has 0 aliphatic carbocycles. The predicted molar refractivity (Wildman–Crippen MR) is 115 cm³/mol. The van der Waals surface area contributed by atoms with Gasteiger partial charge < -0.3 is 15.0 Å². The number of carbonyl (C=O) groups is 1. The van der Waals surface area contributed by atoms with Crippen molar-refractivity contribution in [3.05, 3.63) is 64.2 Å². The number of nitrogens with one attached hydrogen (secondary N) is 1. The number of fused-ring (bicyclic) bond motifs is 1. The molecule has 1 saturated heterocycles. The summed E-state index contributed by atoms with van der Waals surface area (Å²) in [5.74, 6) is 0.661. The maximum Gasteiger partial charge on any atom is 0.261 e. The number of likely N-dealkylation sites (N-methyl/N-ethyl adjacent to an activating group) is 1. The predicted octanol–water partition coefficient (Wildman–Crippen LogP) is 3.10. The van der Waals surface area contributed by atoms with E-state index in [0.29, 0.717) is 18.0 Å². The molecule has 0 bridgehead atoms. The first-order valence-corrected chi connectivity index (χ1v) is 10.7. The number of rotatable bonds is 6. The van der Waals surface area contributed by atoms with Crippen LogP contribution in [-0.4, -0.2) is 54.5 Å². The van der Waals surface area contributed by atoms with Crippen LogP contribution in [0.25, 0.3) is 0 Å². The molecule has 1 fully saturated rings. The second-order valence-corrected chi connectivity index (χ2v) is 8.24. The lowest BCUT2D eigenvalue weighted by molar-refractivity contribution is -0.127. The van der Waals surface area contributed by atoms with Gasteiger partial charge in [-0.15, -0.1) is 0 Å². The summed E-state index contributed by atoms with van der Waals surface area (Å²) < 4.78 is 5.75. The van der Waals surface area contributed by atoms with E-state index in [9.17, 15) is 4.79 Å². The molecule has 0 saturated carbocycles. The van der Waals surface area contributed by atoms with Crippen LogP contribution in [0.3, 0.4) is 0 Å². The molecule has 1 N–H and O–H groups in total. The molecule has 6 heteroatoms. The number of halogens is 1. The van der Waals surface area contributed by atoms with Gasteiger partial charge in [0, 0.05) is 50.7 Å². The number of benzene rings is 2. The summed E-state index contributed by atoms with van der Waals surface area (Å²) >= 11 is 6.02. The first-order chi connectivity index (χ1) is 14.1. The smallest absolute Gasteiger partial charge is 0.261 e.